The molecule has 90 valence electrons. The van der Waals surface area contributed by atoms with Crippen LogP contribution in [0.25, 0.3) is 0 Å². The molecule has 1 amide bonds. The van der Waals surface area contributed by atoms with E-state index in [4.69, 9.17) is 5.11 Å². The number of carboxylic acid groups (broad SMARTS) is 1. The molecule has 1 aromatic carbocycles. The molecule has 1 heterocycles. The van der Waals surface area contributed by atoms with Gasteiger partial charge in [-0.05, 0) is 25.0 Å². The third kappa shape index (κ3) is 2.02. The Labute approximate surface area is 99.9 Å². The summed E-state index contributed by atoms with van der Waals surface area (Å²) in [6.45, 7) is 4.15. The van der Waals surface area contributed by atoms with Crippen LogP contribution in [0.4, 0.5) is 5.69 Å². The summed E-state index contributed by atoms with van der Waals surface area (Å²) in [7, 11) is 0. The van der Waals surface area contributed by atoms with E-state index in [1.165, 1.54) is 0 Å². The number of amides is 1. The molecule has 17 heavy (non-hydrogen) atoms. The minimum Gasteiger partial charge on any atom is -0.481 e. The van der Waals surface area contributed by atoms with Crippen LogP contribution in [0.15, 0.2) is 18.2 Å². The molecule has 1 atom stereocenters. The molecule has 1 N–H and O–H groups in total. The van der Waals surface area contributed by atoms with Crippen LogP contribution >= 0.6 is 0 Å². The van der Waals surface area contributed by atoms with Crippen molar-refractivity contribution in [1.82, 2.24) is 0 Å². The van der Waals surface area contributed by atoms with E-state index in [1.807, 2.05) is 32.0 Å². The SMILES string of the molecule is Cc1cccc(C)c1N1CC(C(=O)O)CC1=O. The van der Waals surface area contributed by atoms with Crippen LogP contribution in [0.3, 0.4) is 0 Å². The van der Waals surface area contributed by atoms with Crippen LogP contribution in [-0.4, -0.2) is 23.5 Å². The first-order chi connectivity index (χ1) is 8.00. The van der Waals surface area contributed by atoms with Crippen molar-refractivity contribution in [2.24, 2.45) is 5.92 Å². The number of hydrogen-bond donors (Lipinski definition) is 1. The number of anilines is 1. The molecule has 0 bridgehead atoms. The molecule has 1 saturated heterocycles. The highest BCUT2D eigenvalue weighted by Gasteiger charge is 2.35. The van der Waals surface area contributed by atoms with E-state index in [0.717, 1.165) is 16.8 Å². The Balaban J connectivity index is 2.35. The van der Waals surface area contributed by atoms with Gasteiger partial charge in [-0.15, -0.1) is 0 Å². The lowest BCUT2D eigenvalue weighted by molar-refractivity contribution is -0.141. The number of carbonyl (C=O) groups is 2. The summed E-state index contributed by atoms with van der Waals surface area (Å²) in [4.78, 5) is 24.4. The van der Waals surface area contributed by atoms with Crippen molar-refractivity contribution in [1.29, 1.82) is 0 Å². The molecule has 1 aromatic rings. The van der Waals surface area contributed by atoms with Gasteiger partial charge >= 0.3 is 5.97 Å². The summed E-state index contributed by atoms with van der Waals surface area (Å²) in [5, 5.41) is 8.96. The molecule has 1 fully saturated rings. The second-order valence-electron chi connectivity index (χ2n) is 4.48. The molecule has 1 aliphatic rings. The van der Waals surface area contributed by atoms with Gasteiger partial charge in [0.15, 0.2) is 0 Å². The van der Waals surface area contributed by atoms with Gasteiger partial charge < -0.3 is 10.0 Å². The Morgan fingerprint density at radius 2 is 1.94 bits per heavy atom. The predicted molar refractivity (Wildman–Crippen MR) is 64.0 cm³/mol. The predicted octanol–water partition coefficient (Wildman–Crippen LogP) is 1.74. The highest BCUT2D eigenvalue weighted by molar-refractivity contribution is 6.00. The number of aryl methyl sites for hydroxylation is 2. The normalized spacial score (nSPS) is 19.8. The van der Waals surface area contributed by atoms with Crippen LogP contribution in [0.1, 0.15) is 17.5 Å². The van der Waals surface area contributed by atoms with Crippen molar-refractivity contribution in [3.05, 3.63) is 29.3 Å². The van der Waals surface area contributed by atoms with E-state index in [2.05, 4.69) is 0 Å². The number of nitrogens with zero attached hydrogens (tertiary/aromatic N) is 1. The zero-order valence-corrected chi connectivity index (χ0v) is 9.93. The first-order valence-corrected chi connectivity index (χ1v) is 5.60. The molecule has 0 radical (unpaired) electrons. The maximum Gasteiger partial charge on any atom is 0.308 e. The Kier molecular flexibility index (Phi) is 2.88. The molecule has 4 nitrogen and oxygen atoms in total. The van der Waals surface area contributed by atoms with Gasteiger partial charge in [0.25, 0.3) is 0 Å². The smallest absolute Gasteiger partial charge is 0.308 e. The molecular formula is C13H15NO3. The number of aliphatic carboxylic acids is 1. The zero-order chi connectivity index (χ0) is 12.6. The number of carbonyl (C=O) groups excluding carboxylic acids is 1. The average Bonchev–Trinajstić information content (AvgIpc) is 2.61. The van der Waals surface area contributed by atoms with Crippen molar-refractivity contribution < 1.29 is 14.7 Å². The van der Waals surface area contributed by atoms with E-state index in [1.54, 1.807) is 4.90 Å². The Hall–Kier alpha value is -1.84. The summed E-state index contributed by atoms with van der Waals surface area (Å²) < 4.78 is 0. The van der Waals surface area contributed by atoms with Gasteiger partial charge in [0.1, 0.15) is 0 Å². The van der Waals surface area contributed by atoms with Crippen LogP contribution in [-0.2, 0) is 9.59 Å². The van der Waals surface area contributed by atoms with Gasteiger partial charge in [0, 0.05) is 18.7 Å². The largest absolute Gasteiger partial charge is 0.481 e. The van der Waals surface area contributed by atoms with Crippen molar-refractivity contribution in [2.45, 2.75) is 20.3 Å². The number of hydrogen-bond acceptors (Lipinski definition) is 2. The van der Waals surface area contributed by atoms with E-state index in [9.17, 15) is 9.59 Å². The average molecular weight is 233 g/mol. The van der Waals surface area contributed by atoms with E-state index in [0.29, 0.717) is 0 Å². The summed E-state index contributed by atoms with van der Waals surface area (Å²) in [5.41, 5.74) is 2.87. The second kappa shape index (κ2) is 4.20. The van der Waals surface area contributed by atoms with Gasteiger partial charge in [0.2, 0.25) is 5.91 Å². The van der Waals surface area contributed by atoms with Crippen molar-refractivity contribution in [3.8, 4) is 0 Å². The molecule has 0 aliphatic carbocycles. The molecule has 0 spiro atoms. The van der Waals surface area contributed by atoms with Crippen molar-refractivity contribution in [2.75, 3.05) is 11.4 Å². The number of rotatable bonds is 2. The Bertz CT molecular complexity index is 461. The molecule has 1 aliphatic heterocycles. The van der Waals surface area contributed by atoms with Crippen LogP contribution in [0, 0.1) is 19.8 Å². The van der Waals surface area contributed by atoms with Crippen molar-refractivity contribution in [3.63, 3.8) is 0 Å². The lowest BCUT2D eigenvalue weighted by Gasteiger charge is -2.21. The number of para-hydroxylation sites is 1. The first-order valence-electron chi connectivity index (χ1n) is 5.60. The molecule has 2 rings (SSSR count). The zero-order valence-electron chi connectivity index (χ0n) is 9.93. The second-order valence-corrected chi connectivity index (χ2v) is 4.48. The molecular weight excluding hydrogens is 218 g/mol. The molecule has 1 unspecified atom stereocenters. The number of benzene rings is 1. The Morgan fingerprint density at radius 1 is 1.35 bits per heavy atom. The highest BCUT2D eigenvalue weighted by atomic mass is 16.4. The van der Waals surface area contributed by atoms with Gasteiger partial charge in [-0.25, -0.2) is 0 Å². The third-order valence-electron chi connectivity index (χ3n) is 3.18. The number of carboxylic acids is 1. The topological polar surface area (TPSA) is 57.6 Å². The van der Waals surface area contributed by atoms with Gasteiger partial charge in [0.05, 0.1) is 5.92 Å². The highest BCUT2D eigenvalue weighted by Crippen LogP contribution is 2.30. The monoisotopic (exact) mass is 233 g/mol. The maximum absolute atomic E-state index is 11.9. The lowest BCUT2D eigenvalue weighted by Crippen LogP contribution is -2.27. The standard InChI is InChI=1S/C13H15NO3/c1-8-4-3-5-9(2)12(8)14-7-10(13(16)17)6-11(14)15/h3-5,10H,6-7H2,1-2H3,(H,16,17). The first kappa shape index (κ1) is 11.6. The molecule has 4 heteroatoms. The minimum absolute atomic E-state index is 0.100. The maximum atomic E-state index is 11.9. The van der Waals surface area contributed by atoms with Crippen LogP contribution < -0.4 is 4.90 Å². The minimum atomic E-state index is -0.896. The third-order valence-corrected chi connectivity index (χ3v) is 3.18. The van der Waals surface area contributed by atoms with Crippen LogP contribution in [0.2, 0.25) is 0 Å². The van der Waals surface area contributed by atoms with Gasteiger partial charge in [-0.2, -0.15) is 0 Å². The van der Waals surface area contributed by atoms with E-state index >= 15 is 0 Å². The fourth-order valence-corrected chi connectivity index (χ4v) is 2.32. The quantitative estimate of drug-likeness (QED) is 0.846. The van der Waals surface area contributed by atoms with E-state index in [-0.39, 0.29) is 18.9 Å². The molecule has 0 aromatic heterocycles. The summed E-state index contributed by atoms with van der Waals surface area (Å²) in [6, 6.07) is 5.80. The fraction of sp³-hybridized carbons (Fsp3) is 0.385. The summed E-state index contributed by atoms with van der Waals surface area (Å²) in [6.07, 6.45) is 0.100. The van der Waals surface area contributed by atoms with Crippen molar-refractivity contribution >= 4 is 17.6 Å². The fourth-order valence-electron chi connectivity index (χ4n) is 2.32. The summed E-state index contributed by atoms with van der Waals surface area (Å²) in [5.74, 6) is -1.58. The summed E-state index contributed by atoms with van der Waals surface area (Å²) >= 11 is 0. The van der Waals surface area contributed by atoms with Gasteiger partial charge in [-0.3, -0.25) is 9.59 Å². The Morgan fingerprint density at radius 3 is 2.41 bits per heavy atom. The van der Waals surface area contributed by atoms with E-state index < -0.39 is 11.9 Å². The van der Waals surface area contributed by atoms with Gasteiger partial charge in [-0.1, -0.05) is 18.2 Å². The lowest BCUT2D eigenvalue weighted by atomic mass is 10.1. The molecule has 0 saturated carbocycles. The van der Waals surface area contributed by atoms with Crippen LogP contribution in [0.5, 0.6) is 0 Å².